The molecule has 0 saturated heterocycles. The fourth-order valence-corrected chi connectivity index (χ4v) is 4.56. The van der Waals surface area contributed by atoms with Crippen molar-refractivity contribution in [1.29, 1.82) is 0 Å². The van der Waals surface area contributed by atoms with Gasteiger partial charge in [-0.2, -0.15) is 4.99 Å². The Balaban J connectivity index is 1.74. The number of fused-ring (bicyclic) bond motifs is 2. The summed E-state index contributed by atoms with van der Waals surface area (Å²) in [7, 11) is -3.86. The second kappa shape index (κ2) is 7.36. The average Bonchev–Trinajstić information content (AvgIpc) is 3.03. The molecule has 0 spiro atoms. The van der Waals surface area contributed by atoms with E-state index in [1.165, 1.54) is 12.1 Å². The number of aromatic nitrogens is 1. The van der Waals surface area contributed by atoms with Crippen LogP contribution in [0, 0.1) is 12.3 Å². The molecular weight excluding hydrogens is 414 g/mol. The summed E-state index contributed by atoms with van der Waals surface area (Å²) in [6, 6.07) is 11.5. The summed E-state index contributed by atoms with van der Waals surface area (Å²) in [5, 5.41) is 5.20. The summed E-state index contributed by atoms with van der Waals surface area (Å²) in [5.41, 5.74) is 0.651. The van der Waals surface area contributed by atoms with E-state index in [4.69, 9.17) is 21.0 Å². The number of hydrogen-bond acceptors (Lipinski definition) is 6. The second-order valence-electron chi connectivity index (χ2n) is 6.16. The van der Waals surface area contributed by atoms with Crippen LogP contribution in [0.2, 0.25) is 0 Å². The quantitative estimate of drug-likeness (QED) is 0.630. The van der Waals surface area contributed by atoms with Gasteiger partial charge in [0, 0.05) is 0 Å². The van der Waals surface area contributed by atoms with Crippen LogP contribution in [0.1, 0.15) is 0 Å². The van der Waals surface area contributed by atoms with E-state index in [-0.39, 0.29) is 18.0 Å². The van der Waals surface area contributed by atoms with Gasteiger partial charge in [0.2, 0.25) is 16.1 Å². The number of rotatable bonds is 3. The Kier molecular flexibility index (Phi) is 4.87. The number of ether oxygens (including phenoxy) is 2. The molecule has 8 nitrogen and oxygen atoms in total. The Morgan fingerprint density at radius 3 is 2.79 bits per heavy atom. The minimum atomic E-state index is -3.86. The number of carbonyl (C=O) groups is 1. The average molecular weight is 429 g/mol. The maximum atomic E-state index is 12.7. The zero-order valence-corrected chi connectivity index (χ0v) is 16.6. The van der Waals surface area contributed by atoms with Gasteiger partial charge in [-0.05, 0) is 30.3 Å². The second-order valence-corrected chi connectivity index (χ2v) is 8.73. The highest BCUT2D eigenvalue weighted by atomic mass is 32.2. The first kappa shape index (κ1) is 19.2. The predicted octanol–water partition coefficient (Wildman–Crippen LogP) is 1.25. The lowest BCUT2D eigenvalue weighted by atomic mass is 10.2. The third-order valence-corrected chi connectivity index (χ3v) is 6.17. The number of benzene rings is 2. The number of amides is 1. The van der Waals surface area contributed by atoms with Gasteiger partial charge in [-0.1, -0.05) is 29.4 Å². The molecule has 2 heterocycles. The van der Waals surface area contributed by atoms with E-state index in [9.17, 15) is 13.2 Å². The van der Waals surface area contributed by atoms with Gasteiger partial charge in [-0.3, -0.25) is 4.79 Å². The molecule has 1 aliphatic rings. The van der Waals surface area contributed by atoms with Crippen molar-refractivity contribution in [3.8, 4) is 23.8 Å². The maximum Gasteiger partial charge on any atom is 0.292 e. The number of para-hydroxylation sites is 2. The molecule has 2 N–H and O–H groups in total. The minimum Gasteiger partial charge on any atom is -0.485 e. The number of hydrogen-bond donors (Lipinski definition) is 1. The first-order chi connectivity index (χ1) is 13.9. The molecule has 29 heavy (non-hydrogen) atoms. The molecule has 0 saturated carbocycles. The maximum absolute atomic E-state index is 12.7. The smallest absolute Gasteiger partial charge is 0.292 e. The summed E-state index contributed by atoms with van der Waals surface area (Å²) in [6.45, 7) is 0.195. The summed E-state index contributed by atoms with van der Waals surface area (Å²) < 4.78 is 36.7. The first-order valence-corrected chi connectivity index (χ1v) is 10.8. The fourth-order valence-electron chi connectivity index (χ4n) is 2.87. The normalized spacial score (nSPS) is 16.6. The van der Waals surface area contributed by atoms with Crippen molar-refractivity contribution < 1.29 is 22.7 Å². The van der Waals surface area contributed by atoms with Crippen LogP contribution in [0.5, 0.6) is 11.5 Å². The summed E-state index contributed by atoms with van der Waals surface area (Å²) in [4.78, 5) is 17.2. The highest BCUT2D eigenvalue weighted by Gasteiger charge is 2.27. The summed E-state index contributed by atoms with van der Waals surface area (Å²) >= 11 is 1.14. The van der Waals surface area contributed by atoms with Crippen LogP contribution in [-0.4, -0.2) is 31.6 Å². The van der Waals surface area contributed by atoms with E-state index in [0.717, 1.165) is 11.3 Å². The topological polar surface area (TPSA) is 113 Å². The van der Waals surface area contributed by atoms with Crippen molar-refractivity contribution in [2.45, 2.75) is 17.5 Å². The highest BCUT2D eigenvalue weighted by Crippen LogP contribution is 2.31. The van der Waals surface area contributed by atoms with Crippen LogP contribution in [0.25, 0.3) is 10.2 Å². The molecular formula is C19H15N3O5S2. The number of primary sulfonamides is 1. The zero-order valence-electron chi connectivity index (χ0n) is 14.9. The number of carbonyl (C=O) groups excluding carboxylic acids is 1. The van der Waals surface area contributed by atoms with Crippen LogP contribution in [-0.2, 0) is 21.4 Å². The van der Waals surface area contributed by atoms with Crippen molar-refractivity contribution in [1.82, 2.24) is 4.57 Å². The van der Waals surface area contributed by atoms with Gasteiger partial charge >= 0.3 is 0 Å². The molecule has 0 radical (unpaired) electrons. The standard InChI is InChI=1S/C19H15N3O5S2/c1-2-9-22-13-8-7-12(29(20,24)25)10-17(13)28-19(22)21-18(23)16-11-26-14-5-3-4-6-15(14)27-16/h1,3-8,10,16H,9,11H2,(H2,20,24,25)/t16-/m1/s1. The SMILES string of the molecule is C#CCn1c(=NC(=O)[C@H]2COc3ccccc3O2)sc2cc(S(N)(=O)=O)ccc21. The molecule has 1 aliphatic heterocycles. The van der Waals surface area contributed by atoms with Crippen LogP contribution in [0.15, 0.2) is 52.4 Å². The Hall–Kier alpha value is -3.13. The van der Waals surface area contributed by atoms with Crippen molar-refractivity contribution in [3.63, 3.8) is 0 Å². The van der Waals surface area contributed by atoms with E-state index in [2.05, 4.69) is 10.9 Å². The molecule has 4 rings (SSSR count). The molecule has 0 aliphatic carbocycles. The molecule has 1 amide bonds. The number of sulfonamides is 1. The Morgan fingerprint density at radius 1 is 1.31 bits per heavy atom. The van der Waals surface area contributed by atoms with E-state index < -0.39 is 22.0 Å². The largest absolute Gasteiger partial charge is 0.485 e. The molecule has 0 unspecified atom stereocenters. The molecule has 2 aromatic carbocycles. The van der Waals surface area contributed by atoms with E-state index in [1.807, 2.05) is 6.07 Å². The van der Waals surface area contributed by atoms with Gasteiger partial charge in [0.25, 0.3) is 5.91 Å². The van der Waals surface area contributed by atoms with E-state index in [0.29, 0.717) is 26.5 Å². The van der Waals surface area contributed by atoms with E-state index >= 15 is 0 Å². The van der Waals surface area contributed by atoms with E-state index in [1.54, 1.807) is 28.8 Å². The minimum absolute atomic E-state index is 0.0300. The van der Waals surface area contributed by atoms with Gasteiger partial charge in [0.15, 0.2) is 16.3 Å². The Bertz CT molecular complexity index is 1330. The van der Waals surface area contributed by atoms with Crippen LogP contribution < -0.4 is 19.4 Å². The number of nitrogens with zero attached hydrogens (tertiary/aromatic N) is 2. The molecule has 10 heteroatoms. The molecule has 3 aromatic rings. The lowest BCUT2D eigenvalue weighted by Gasteiger charge is -2.23. The van der Waals surface area contributed by atoms with Crippen molar-refractivity contribution in [3.05, 3.63) is 47.3 Å². The number of terminal acetylenes is 1. The van der Waals surface area contributed by atoms with Crippen LogP contribution in [0.4, 0.5) is 0 Å². The van der Waals surface area contributed by atoms with Crippen molar-refractivity contribution in [2.75, 3.05) is 6.61 Å². The number of thiazole rings is 1. The monoisotopic (exact) mass is 429 g/mol. The van der Waals surface area contributed by atoms with Gasteiger partial charge in [-0.15, -0.1) is 6.42 Å². The summed E-state index contributed by atoms with van der Waals surface area (Å²) in [6.07, 6.45) is 4.56. The van der Waals surface area contributed by atoms with Gasteiger partial charge < -0.3 is 14.0 Å². The van der Waals surface area contributed by atoms with Crippen molar-refractivity contribution in [2.24, 2.45) is 10.1 Å². The van der Waals surface area contributed by atoms with Gasteiger partial charge in [-0.25, -0.2) is 13.6 Å². The molecule has 1 aromatic heterocycles. The highest BCUT2D eigenvalue weighted by molar-refractivity contribution is 7.89. The van der Waals surface area contributed by atoms with Crippen LogP contribution in [0.3, 0.4) is 0 Å². The third kappa shape index (κ3) is 3.75. The van der Waals surface area contributed by atoms with Crippen molar-refractivity contribution >= 4 is 37.5 Å². The Morgan fingerprint density at radius 2 is 2.07 bits per heavy atom. The third-order valence-electron chi connectivity index (χ3n) is 4.22. The Labute approximate surface area is 170 Å². The lowest BCUT2D eigenvalue weighted by Crippen LogP contribution is -2.36. The number of nitrogens with two attached hydrogens (primary N) is 1. The van der Waals surface area contributed by atoms with Crippen LogP contribution >= 0.6 is 11.3 Å². The molecule has 0 bridgehead atoms. The predicted molar refractivity (Wildman–Crippen MR) is 107 cm³/mol. The zero-order chi connectivity index (χ0) is 20.6. The fraction of sp³-hybridized carbons (Fsp3) is 0.158. The lowest BCUT2D eigenvalue weighted by molar-refractivity contribution is -0.127. The molecule has 1 atom stereocenters. The van der Waals surface area contributed by atoms with Gasteiger partial charge in [0.1, 0.15) is 6.61 Å². The molecule has 0 fully saturated rings. The van der Waals surface area contributed by atoms with Gasteiger partial charge in [0.05, 0.1) is 21.7 Å². The summed E-state index contributed by atoms with van der Waals surface area (Å²) in [5.74, 6) is 3.02. The first-order valence-electron chi connectivity index (χ1n) is 8.43. The molecule has 148 valence electrons.